The molecule has 2 atom stereocenters. The van der Waals surface area contributed by atoms with Crippen molar-refractivity contribution in [2.75, 3.05) is 45.8 Å². The number of urea groups is 1. The van der Waals surface area contributed by atoms with Crippen molar-refractivity contribution in [2.24, 2.45) is 5.92 Å². The molecule has 6 heteroatoms. The Hall–Kier alpha value is -1.30. The van der Waals surface area contributed by atoms with Crippen LogP contribution in [0.15, 0.2) is 0 Å². The van der Waals surface area contributed by atoms with Gasteiger partial charge in [-0.05, 0) is 45.1 Å². The molecule has 0 radical (unpaired) electrons. The van der Waals surface area contributed by atoms with E-state index >= 15 is 0 Å². The summed E-state index contributed by atoms with van der Waals surface area (Å²) in [5.74, 6) is 0.252. The summed E-state index contributed by atoms with van der Waals surface area (Å²) in [6.45, 7) is 8.05. The summed E-state index contributed by atoms with van der Waals surface area (Å²) in [6, 6.07) is 0.483. The van der Waals surface area contributed by atoms with Crippen molar-refractivity contribution < 1.29 is 9.59 Å². The molecule has 3 heterocycles. The lowest BCUT2D eigenvalue weighted by molar-refractivity contribution is -0.139. The Labute approximate surface area is 145 Å². The smallest absolute Gasteiger partial charge is 0.320 e. The van der Waals surface area contributed by atoms with Crippen LogP contribution in [0.25, 0.3) is 0 Å². The van der Waals surface area contributed by atoms with Gasteiger partial charge >= 0.3 is 6.03 Å². The average Bonchev–Trinajstić information content (AvgIpc) is 3.32. The number of nitrogens with zero attached hydrogens (tertiary/aromatic N) is 3. The summed E-state index contributed by atoms with van der Waals surface area (Å²) in [7, 11) is 0. The van der Waals surface area contributed by atoms with Crippen molar-refractivity contribution in [3.8, 4) is 0 Å². The zero-order chi connectivity index (χ0) is 16.9. The predicted molar refractivity (Wildman–Crippen MR) is 93.8 cm³/mol. The van der Waals surface area contributed by atoms with Crippen LogP contribution in [0.3, 0.4) is 0 Å². The van der Waals surface area contributed by atoms with Crippen LogP contribution in [0.5, 0.6) is 0 Å². The molecule has 3 rings (SSSR count). The maximum absolute atomic E-state index is 13.1. The number of hydrogen-bond acceptors (Lipinski definition) is 3. The molecule has 2 unspecified atom stereocenters. The fourth-order valence-electron chi connectivity index (χ4n) is 4.31. The van der Waals surface area contributed by atoms with Crippen molar-refractivity contribution in [1.82, 2.24) is 20.0 Å². The second-order valence-corrected chi connectivity index (χ2v) is 7.44. The summed E-state index contributed by atoms with van der Waals surface area (Å²) in [4.78, 5) is 31.7. The van der Waals surface area contributed by atoms with Crippen LogP contribution in [0.1, 0.15) is 45.4 Å². The molecule has 0 aliphatic carbocycles. The average molecular weight is 336 g/mol. The SMILES string of the molecule is CCCN(C(=O)C1CCCN(C(=O)N2CCCC2)C1)C1CCNC1. The zero-order valence-electron chi connectivity index (χ0n) is 15.0. The van der Waals surface area contributed by atoms with Gasteiger partial charge in [0, 0.05) is 45.3 Å². The van der Waals surface area contributed by atoms with Crippen LogP contribution in [-0.4, -0.2) is 78.5 Å². The highest BCUT2D eigenvalue weighted by molar-refractivity contribution is 5.81. The summed E-state index contributed by atoms with van der Waals surface area (Å²) in [6.07, 6.45) is 6.13. The largest absolute Gasteiger partial charge is 0.338 e. The summed E-state index contributed by atoms with van der Waals surface area (Å²) < 4.78 is 0. The minimum absolute atomic E-state index is 0.0162. The maximum atomic E-state index is 13.1. The fourth-order valence-corrected chi connectivity index (χ4v) is 4.31. The van der Waals surface area contributed by atoms with E-state index in [0.717, 1.165) is 77.8 Å². The van der Waals surface area contributed by atoms with Crippen LogP contribution in [0.4, 0.5) is 4.79 Å². The van der Waals surface area contributed by atoms with E-state index in [1.54, 1.807) is 0 Å². The number of amides is 3. The number of piperidine rings is 1. The second-order valence-electron chi connectivity index (χ2n) is 7.44. The van der Waals surface area contributed by atoms with Crippen molar-refractivity contribution >= 4 is 11.9 Å². The summed E-state index contributed by atoms with van der Waals surface area (Å²) in [5.41, 5.74) is 0. The fraction of sp³-hybridized carbons (Fsp3) is 0.889. The third-order valence-corrected chi connectivity index (χ3v) is 5.64. The van der Waals surface area contributed by atoms with Crippen molar-refractivity contribution in [2.45, 2.75) is 51.5 Å². The van der Waals surface area contributed by atoms with E-state index in [1.807, 2.05) is 9.80 Å². The Balaban J connectivity index is 1.61. The molecule has 0 saturated carbocycles. The molecular formula is C18H32N4O2. The minimum Gasteiger partial charge on any atom is -0.338 e. The van der Waals surface area contributed by atoms with Gasteiger partial charge in [0.1, 0.15) is 0 Å². The van der Waals surface area contributed by atoms with Gasteiger partial charge in [0.15, 0.2) is 0 Å². The van der Waals surface area contributed by atoms with E-state index in [1.165, 1.54) is 0 Å². The zero-order valence-corrected chi connectivity index (χ0v) is 15.0. The molecule has 0 aromatic heterocycles. The first-order valence-corrected chi connectivity index (χ1v) is 9.75. The van der Waals surface area contributed by atoms with E-state index in [2.05, 4.69) is 17.1 Å². The Morgan fingerprint density at radius 3 is 2.50 bits per heavy atom. The van der Waals surface area contributed by atoms with Gasteiger partial charge < -0.3 is 20.0 Å². The number of nitrogens with one attached hydrogen (secondary N) is 1. The molecule has 0 aromatic carbocycles. The normalized spacial score (nSPS) is 27.5. The molecule has 24 heavy (non-hydrogen) atoms. The van der Waals surface area contributed by atoms with Gasteiger partial charge in [-0.1, -0.05) is 6.92 Å². The highest BCUT2D eigenvalue weighted by Gasteiger charge is 2.35. The van der Waals surface area contributed by atoms with Crippen molar-refractivity contribution in [1.29, 1.82) is 0 Å². The molecule has 3 amide bonds. The summed E-state index contributed by atoms with van der Waals surface area (Å²) in [5, 5.41) is 3.37. The number of hydrogen-bond donors (Lipinski definition) is 1. The number of carbonyl (C=O) groups is 2. The Morgan fingerprint density at radius 2 is 1.83 bits per heavy atom. The second kappa shape index (κ2) is 8.19. The van der Waals surface area contributed by atoms with Gasteiger partial charge in [-0.3, -0.25) is 4.79 Å². The third-order valence-electron chi connectivity index (χ3n) is 5.64. The molecule has 0 aromatic rings. The lowest BCUT2D eigenvalue weighted by Crippen LogP contribution is -2.52. The number of likely N-dealkylation sites (tertiary alicyclic amines) is 2. The topological polar surface area (TPSA) is 55.9 Å². The van der Waals surface area contributed by atoms with Gasteiger partial charge in [-0.2, -0.15) is 0 Å². The first-order chi connectivity index (χ1) is 11.7. The predicted octanol–water partition coefficient (Wildman–Crippen LogP) is 1.51. The minimum atomic E-state index is -0.0162. The highest BCUT2D eigenvalue weighted by Crippen LogP contribution is 2.23. The molecule has 1 N–H and O–H groups in total. The van der Waals surface area contributed by atoms with Gasteiger partial charge in [0.25, 0.3) is 0 Å². The van der Waals surface area contributed by atoms with Gasteiger partial charge in [-0.15, -0.1) is 0 Å². The number of carbonyl (C=O) groups excluding carboxylic acids is 2. The van der Waals surface area contributed by atoms with E-state index < -0.39 is 0 Å². The van der Waals surface area contributed by atoms with Crippen LogP contribution < -0.4 is 5.32 Å². The monoisotopic (exact) mass is 336 g/mol. The van der Waals surface area contributed by atoms with Crippen LogP contribution in [0, 0.1) is 5.92 Å². The molecule has 3 saturated heterocycles. The van der Waals surface area contributed by atoms with Crippen LogP contribution in [0.2, 0.25) is 0 Å². The molecular weight excluding hydrogens is 304 g/mol. The highest BCUT2D eigenvalue weighted by atomic mass is 16.2. The molecule has 136 valence electrons. The lowest BCUT2D eigenvalue weighted by atomic mass is 9.95. The quantitative estimate of drug-likeness (QED) is 0.847. The van der Waals surface area contributed by atoms with Crippen molar-refractivity contribution in [3.05, 3.63) is 0 Å². The summed E-state index contributed by atoms with van der Waals surface area (Å²) >= 11 is 0. The standard InChI is InChI=1S/C18H32N4O2/c1-2-9-22(16-7-8-19-13-16)17(23)15-6-5-12-21(14-15)18(24)20-10-3-4-11-20/h15-16,19H,2-14H2,1H3. The van der Waals surface area contributed by atoms with Crippen LogP contribution >= 0.6 is 0 Å². The van der Waals surface area contributed by atoms with E-state index in [-0.39, 0.29) is 17.9 Å². The Bertz CT molecular complexity index is 444. The van der Waals surface area contributed by atoms with Crippen LogP contribution in [-0.2, 0) is 4.79 Å². The van der Waals surface area contributed by atoms with Gasteiger partial charge in [0.2, 0.25) is 5.91 Å². The molecule has 6 nitrogen and oxygen atoms in total. The Morgan fingerprint density at radius 1 is 1.08 bits per heavy atom. The third kappa shape index (κ3) is 3.85. The molecule has 3 aliphatic rings. The maximum Gasteiger partial charge on any atom is 0.320 e. The van der Waals surface area contributed by atoms with E-state index in [4.69, 9.17) is 0 Å². The van der Waals surface area contributed by atoms with Gasteiger partial charge in [-0.25, -0.2) is 4.79 Å². The Kier molecular flexibility index (Phi) is 5.98. The first kappa shape index (κ1) is 17.5. The van der Waals surface area contributed by atoms with Gasteiger partial charge in [0.05, 0.1) is 5.92 Å². The molecule has 0 bridgehead atoms. The lowest BCUT2D eigenvalue weighted by Gasteiger charge is -2.38. The molecule has 0 spiro atoms. The first-order valence-electron chi connectivity index (χ1n) is 9.75. The van der Waals surface area contributed by atoms with E-state index in [9.17, 15) is 9.59 Å². The molecule has 3 fully saturated rings. The van der Waals surface area contributed by atoms with E-state index in [0.29, 0.717) is 12.6 Å². The van der Waals surface area contributed by atoms with Crippen molar-refractivity contribution in [3.63, 3.8) is 0 Å². The molecule has 3 aliphatic heterocycles. The number of rotatable bonds is 4.